The van der Waals surface area contributed by atoms with E-state index in [9.17, 15) is 4.79 Å². The van der Waals surface area contributed by atoms with Crippen molar-refractivity contribution in [2.75, 3.05) is 0 Å². The van der Waals surface area contributed by atoms with Gasteiger partial charge >= 0.3 is 0 Å². The minimum atomic E-state index is 0.341. The van der Waals surface area contributed by atoms with E-state index in [1.165, 1.54) is 0 Å². The third kappa shape index (κ3) is 2.68. The Morgan fingerprint density at radius 1 is 1.38 bits per heavy atom. The van der Waals surface area contributed by atoms with Crippen molar-refractivity contribution >= 4 is 5.78 Å². The molecule has 0 aromatic carbocycles. The SMILES string of the molecule is CC/C=C\C[C@H]1C(=O)CC[C@@H]1CC. The summed E-state index contributed by atoms with van der Waals surface area (Å²) in [5.41, 5.74) is 0. The molecule has 1 aliphatic rings. The lowest BCUT2D eigenvalue weighted by Gasteiger charge is -2.13. The normalized spacial score (nSPS) is 28.9. The minimum absolute atomic E-state index is 0.341. The Hall–Kier alpha value is -0.590. The molecular weight excluding hydrogens is 160 g/mol. The summed E-state index contributed by atoms with van der Waals surface area (Å²) in [6.45, 7) is 4.32. The molecule has 2 atom stereocenters. The Morgan fingerprint density at radius 2 is 2.15 bits per heavy atom. The number of Topliss-reactive ketones (excluding diaryl/α,β-unsaturated/α-hetero) is 1. The highest BCUT2D eigenvalue weighted by molar-refractivity contribution is 5.83. The average Bonchev–Trinajstić information content (AvgIpc) is 2.48. The summed E-state index contributed by atoms with van der Waals surface area (Å²) >= 11 is 0. The summed E-state index contributed by atoms with van der Waals surface area (Å²) in [6.07, 6.45) is 9.51. The van der Waals surface area contributed by atoms with Crippen molar-refractivity contribution in [3.63, 3.8) is 0 Å². The first-order valence-electron chi connectivity index (χ1n) is 5.47. The molecule has 1 heteroatoms. The predicted octanol–water partition coefficient (Wildman–Crippen LogP) is 3.35. The first-order chi connectivity index (χ1) is 6.29. The van der Waals surface area contributed by atoms with Crippen molar-refractivity contribution in [1.29, 1.82) is 0 Å². The van der Waals surface area contributed by atoms with Gasteiger partial charge in [-0.3, -0.25) is 4.79 Å². The van der Waals surface area contributed by atoms with Crippen LogP contribution in [0, 0.1) is 11.8 Å². The van der Waals surface area contributed by atoms with Crippen LogP contribution >= 0.6 is 0 Å². The van der Waals surface area contributed by atoms with E-state index >= 15 is 0 Å². The number of rotatable bonds is 4. The van der Waals surface area contributed by atoms with Gasteiger partial charge in [0.15, 0.2) is 0 Å². The number of hydrogen-bond donors (Lipinski definition) is 0. The number of ketones is 1. The molecule has 1 nitrogen and oxygen atoms in total. The quantitative estimate of drug-likeness (QED) is 0.606. The summed E-state index contributed by atoms with van der Waals surface area (Å²) < 4.78 is 0. The van der Waals surface area contributed by atoms with Crippen LogP contribution in [0.5, 0.6) is 0 Å². The summed E-state index contributed by atoms with van der Waals surface area (Å²) in [4.78, 5) is 11.5. The molecule has 1 fully saturated rings. The molecule has 74 valence electrons. The monoisotopic (exact) mass is 180 g/mol. The van der Waals surface area contributed by atoms with Crippen LogP contribution in [-0.4, -0.2) is 5.78 Å². The average molecular weight is 180 g/mol. The molecule has 0 aromatic heterocycles. The van der Waals surface area contributed by atoms with Crippen LogP contribution in [0.2, 0.25) is 0 Å². The molecule has 0 unspecified atom stereocenters. The first kappa shape index (κ1) is 10.5. The van der Waals surface area contributed by atoms with Gasteiger partial charge in [0.05, 0.1) is 0 Å². The summed E-state index contributed by atoms with van der Waals surface area (Å²) in [6, 6.07) is 0. The van der Waals surface area contributed by atoms with E-state index in [-0.39, 0.29) is 0 Å². The molecule has 0 amide bonds. The fourth-order valence-electron chi connectivity index (χ4n) is 2.20. The van der Waals surface area contributed by atoms with Gasteiger partial charge in [0.2, 0.25) is 0 Å². The van der Waals surface area contributed by atoms with Crippen molar-refractivity contribution < 1.29 is 4.79 Å². The van der Waals surface area contributed by atoms with Gasteiger partial charge in [-0.2, -0.15) is 0 Å². The van der Waals surface area contributed by atoms with Crippen LogP contribution in [0.4, 0.5) is 0 Å². The molecule has 0 spiro atoms. The fraction of sp³-hybridized carbons (Fsp3) is 0.750. The number of allylic oxidation sites excluding steroid dienone is 2. The lowest BCUT2D eigenvalue weighted by Crippen LogP contribution is -2.13. The molecule has 0 aliphatic heterocycles. The second-order valence-corrected chi connectivity index (χ2v) is 3.90. The second-order valence-electron chi connectivity index (χ2n) is 3.90. The van der Waals surface area contributed by atoms with Crippen LogP contribution in [0.3, 0.4) is 0 Å². The van der Waals surface area contributed by atoms with Crippen molar-refractivity contribution in [3.8, 4) is 0 Å². The molecule has 13 heavy (non-hydrogen) atoms. The zero-order valence-electron chi connectivity index (χ0n) is 8.75. The molecule has 0 heterocycles. The molecule has 1 saturated carbocycles. The summed E-state index contributed by atoms with van der Waals surface area (Å²) in [5.74, 6) is 1.49. The highest BCUT2D eigenvalue weighted by Crippen LogP contribution is 2.33. The molecule has 1 aliphatic carbocycles. The fourth-order valence-corrected chi connectivity index (χ4v) is 2.20. The Bertz CT molecular complexity index is 193. The molecule has 0 saturated heterocycles. The topological polar surface area (TPSA) is 17.1 Å². The molecule has 0 bridgehead atoms. The summed E-state index contributed by atoms with van der Waals surface area (Å²) in [5, 5.41) is 0. The van der Waals surface area contributed by atoms with Crippen molar-refractivity contribution in [1.82, 2.24) is 0 Å². The Morgan fingerprint density at radius 3 is 2.77 bits per heavy atom. The van der Waals surface area contributed by atoms with Crippen LogP contribution in [0.1, 0.15) is 46.0 Å². The van der Waals surface area contributed by atoms with Gasteiger partial charge in [0, 0.05) is 12.3 Å². The van der Waals surface area contributed by atoms with Crippen molar-refractivity contribution in [2.45, 2.75) is 46.0 Å². The van der Waals surface area contributed by atoms with E-state index in [4.69, 9.17) is 0 Å². The molecule has 0 aromatic rings. The third-order valence-electron chi connectivity index (χ3n) is 3.06. The maximum absolute atomic E-state index is 11.5. The lowest BCUT2D eigenvalue weighted by molar-refractivity contribution is -0.121. The zero-order valence-corrected chi connectivity index (χ0v) is 8.75. The standard InChI is InChI=1S/C12H20O/c1-3-5-6-7-11-10(4-2)8-9-12(11)13/h5-6,10-11H,3-4,7-9H2,1-2H3/b6-5-/t10-,11+/m0/s1. The van der Waals surface area contributed by atoms with E-state index in [0.29, 0.717) is 17.6 Å². The smallest absolute Gasteiger partial charge is 0.136 e. The van der Waals surface area contributed by atoms with Gasteiger partial charge in [0.25, 0.3) is 0 Å². The van der Waals surface area contributed by atoms with Gasteiger partial charge in [-0.05, 0) is 25.2 Å². The lowest BCUT2D eigenvalue weighted by atomic mass is 9.90. The van der Waals surface area contributed by atoms with E-state index in [0.717, 1.165) is 32.1 Å². The second kappa shape index (κ2) is 5.21. The predicted molar refractivity (Wildman–Crippen MR) is 55.6 cm³/mol. The maximum Gasteiger partial charge on any atom is 0.136 e. The zero-order chi connectivity index (χ0) is 9.68. The van der Waals surface area contributed by atoms with Gasteiger partial charge < -0.3 is 0 Å². The van der Waals surface area contributed by atoms with Crippen molar-refractivity contribution in [3.05, 3.63) is 12.2 Å². The van der Waals surface area contributed by atoms with Gasteiger partial charge in [0.1, 0.15) is 5.78 Å². The van der Waals surface area contributed by atoms with Crippen LogP contribution in [-0.2, 0) is 4.79 Å². The van der Waals surface area contributed by atoms with E-state index in [1.807, 2.05) is 0 Å². The Labute approximate surface area is 81.2 Å². The van der Waals surface area contributed by atoms with Crippen LogP contribution < -0.4 is 0 Å². The van der Waals surface area contributed by atoms with Crippen LogP contribution in [0.25, 0.3) is 0 Å². The number of carbonyl (C=O) groups is 1. The number of hydrogen-bond acceptors (Lipinski definition) is 1. The molecule has 1 rings (SSSR count). The summed E-state index contributed by atoms with van der Waals surface area (Å²) in [7, 11) is 0. The van der Waals surface area contributed by atoms with Crippen LogP contribution in [0.15, 0.2) is 12.2 Å². The largest absolute Gasteiger partial charge is 0.299 e. The van der Waals surface area contributed by atoms with E-state index in [1.54, 1.807) is 0 Å². The molecule has 0 N–H and O–H groups in total. The molecular formula is C12H20O. The van der Waals surface area contributed by atoms with Gasteiger partial charge in [-0.15, -0.1) is 0 Å². The van der Waals surface area contributed by atoms with Gasteiger partial charge in [-0.25, -0.2) is 0 Å². The highest BCUT2D eigenvalue weighted by Gasteiger charge is 2.31. The van der Waals surface area contributed by atoms with Gasteiger partial charge in [-0.1, -0.05) is 32.4 Å². The molecule has 0 radical (unpaired) electrons. The first-order valence-corrected chi connectivity index (χ1v) is 5.47. The van der Waals surface area contributed by atoms with E-state index in [2.05, 4.69) is 26.0 Å². The number of carbonyl (C=O) groups excluding carboxylic acids is 1. The van der Waals surface area contributed by atoms with Crippen molar-refractivity contribution in [2.24, 2.45) is 11.8 Å². The Kier molecular flexibility index (Phi) is 4.20. The Balaban J connectivity index is 2.44. The third-order valence-corrected chi connectivity index (χ3v) is 3.06. The maximum atomic E-state index is 11.5. The highest BCUT2D eigenvalue weighted by atomic mass is 16.1. The van der Waals surface area contributed by atoms with E-state index < -0.39 is 0 Å². The minimum Gasteiger partial charge on any atom is -0.299 e.